The van der Waals surface area contributed by atoms with Crippen molar-refractivity contribution in [1.29, 1.82) is 0 Å². The maximum absolute atomic E-state index is 13.2. The van der Waals surface area contributed by atoms with E-state index in [-0.39, 0.29) is 24.5 Å². The van der Waals surface area contributed by atoms with Gasteiger partial charge in [0.05, 0.1) is 0 Å². The molecule has 0 radical (unpaired) electrons. The molecule has 4 aromatic heterocycles. The van der Waals surface area contributed by atoms with Gasteiger partial charge >= 0.3 is 5.69 Å². The van der Waals surface area contributed by atoms with E-state index in [0.29, 0.717) is 37.2 Å². The van der Waals surface area contributed by atoms with E-state index >= 15 is 0 Å². The molecule has 0 spiro atoms. The molecule has 0 aromatic carbocycles. The molecule has 11 nitrogen and oxygen atoms in total. The first-order valence-electron chi connectivity index (χ1n) is 11.7. The molecule has 0 atom stereocenters. The Morgan fingerprint density at radius 3 is 2.53 bits per heavy atom. The van der Waals surface area contributed by atoms with Crippen molar-refractivity contribution in [2.45, 2.75) is 65.0 Å². The second-order valence-electron chi connectivity index (χ2n) is 8.24. The molecule has 4 rings (SSSR count). The van der Waals surface area contributed by atoms with Gasteiger partial charge in [-0.3, -0.25) is 23.7 Å². The summed E-state index contributed by atoms with van der Waals surface area (Å²) in [4.78, 5) is 52.8. The molecule has 0 saturated carbocycles. The van der Waals surface area contributed by atoms with Crippen LogP contribution in [0.1, 0.15) is 57.1 Å². The van der Waals surface area contributed by atoms with Crippen LogP contribution in [0.15, 0.2) is 43.3 Å². The van der Waals surface area contributed by atoms with Crippen molar-refractivity contribution in [2.24, 2.45) is 0 Å². The van der Waals surface area contributed by atoms with Crippen molar-refractivity contribution in [3.63, 3.8) is 0 Å². The highest BCUT2D eigenvalue weighted by atomic mass is 19.3. The van der Waals surface area contributed by atoms with E-state index in [4.69, 9.17) is 4.52 Å². The van der Waals surface area contributed by atoms with Gasteiger partial charge < -0.3 is 9.51 Å². The zero-order chi connectivity index (χ0) is 25.7. The predicted octanol–water partition coefficient (Wildman–Crippen LogP) is 2.84. The summed E-state index contributed by atoms with van der Waals surface area (Å²) in [5.74, 6) is -0.165. The van der Waals surface area contributed by atoms with Crippen LogP contribution < -0.4 is 16.8 Å². The Morgan fingerprint density at radius 2 is 1.81 bits per heavy atom. The van der Waals surface area contributed by atoms with E-state index in [9.17, 15) is 23.2 Å². The molecule has 0 aliphatic rings. The molecule has 0 aliphatic carbocycles. The van der Waals surface area contributed by atoms with Gasteiger partial charge in [-0.1, -0.05) is 31.0 Å². The molecule has 0 amide bonds. The molecule has 0 unspecified atom stereocenters. The first-order chi connectivity index (χ1) is 17.4. The minimum atomic E-state index is -3.07. The standard InChI is InChI=1S/C23H25F2N7O4/c1-2-3-7-12-31-17-16(28-19(18(24)25)29-20(17)33)22(34)32(23(31)35)13-8-5-10-15-27-21(36-30-15)14-9-4-6-11-26-14/h4,6,9,11,18H,2-3,5,7-8,10,12-13H2,1H3,(H,28,29,33). The molecule has 190 valence electrons. The number of pyridine rings is 1. The Balaban J connectivity index is 1.57. The van der Waals surface area contributed by atoms with E-state index in [1.165, 1.54) is 0 Å². The number of nitrogens with one attached hydrogen (secondary N) is 1. The number of aromatic amines is 1. The lowest BCUT2D eigenvalue weighted by Gasteiger charge is -2.13. The van der Waals surface area contributed by atoms with Crippen molar-refractivity contribution in [3.8, 4) is 11.6 Å². The molecular weight excluding hydrogens is 476 g/mol. The summed E-state index contributed by atoms with van der Waals surface area (Å²) in [5, 5.41) is 3.93. The van der Waals surface area contributed by atoms with Crippen LogP contribution in [-0.4, -0.2) is 34.2 Å². The first-order valence-corrected chi connectivity index (χ1v) is 11.7. The molecule has 4 heterocycles. The number of halogens is 2. The Morgan fingerprint density at radius 1 is 1.03 bits per heavy atom. The minimum Gasteiger partial charge on any atom is -0.332 e. The van der Waals surface area contributed by atoms with E-state index in [1.807, 2.05) is 11.9 Å². The summed E-state index contributed by atoms with van der Waals surface area (Å²) in [7, 11) is 0. The third-order valence-electron chi connectivity index (χ3n) is 5.67. The SMILES string of the molecule is CCCCCn1c(=O)n(CCCCc2noc(-c3ccccn3)n2)c(=O)c2nc(C(F)F)[nH]c(=O)c21. The molecule has 13 heteroatoms. The highest BCUT2D eigenvalue weighted by molar-refractivity contribution is 5.72. The number of fused-ring (bicyclic) bond motifs is 1. The number of alkyl halides is 2. The number of aryl methyl sites for hydroxylation is 2. The van der Waals surface area contributed by atoms with Crippen LogP contribution in [0.2, 0.25) is 0 Å². The Bertz CT molecular complexity index is 1510. The van der Waals surface area contributed by atoms with E-state index in [1.54, 1.807) is 24.4 Å². The van der Waals surface area contributed by atoms with E-state index < -0.39 is 34.6 Å². The summed E-state index contributed by atoms with van der Waals surface area (Å²) in [6, 6.07) is 5.32. The van der Waals surface area contributed by atoms with Crippen molar-refractivity contribution in [2.75, 3.05) is 0 Å². The molecular formula is C23H25F2N7O4. The second kappa shape index (κ2) is 11.1. The van der Waals surface area contributed by atoms with Crippen LogP contribution in [0.5, 0.6) is 0 Å². The summed E-state index contributed by atoms with van der Waals surface area (Å²) >= 11 is 0. The lowest BCUT2D eigenvalue weighted by Crippen LogP contribution is -2.42. The number of hydrogen-bond donors (Lipinski definition) is 1. The highest BCUT2D eigenvalue weighted by Gasteiger charge is 2.21. The van der Waals surface area contributed by atoms with Crippen molar-refractivity contribution >= 4 is 11.0 Å². The van der Waals surface area contributed by atoms with Crippen LogP contribution in [0.3, 0.4) is 0 Å². The topological polar surface area (TPSA) is 142 Å². The summed E-state index contributed by atoms with van der Waals surface area (Å²) < 4.78 is 33.8. The largest absolute Gasteiger partial charge is 0.332 e. The molecule has 0 bridgehead atoms. The maximum atomic E-state index is 13.2. The van der Waals surface area contributed by atoms with Crippen LogP contribution in [0, 0.1) is 0 Å². The fourth-order valence-corrected chi connectivity index (χ4v) is 3.87. The number of unbranched alkanes of at least 4 members (excludes halogenated alkanes) is 3. The van der Waals surface area contributed by atoms with Gasteiger partial charge in [-0.15, -0.1) is 0 Å². The monoisotopic (exact) mass is 501 g/mol. The number of aromatic nitrogens is 7. The van der Waals surface area contributed by atoms with E-state index in [0.717, 1.165) is 22.0 Å². The minimum absolute atomic E-state index is 0.0187. The number of H-pyrrole nitrogens is 1. The highest BCUT2D eigenvalue weighted by Crippen LogP contribution is 2.15. The lowest BCUT2D eigenvalue weighted by molar-refractivity contribution is 0.140. The van der Waals surface area contributed by atoms with Gasteiger partial charge in [-0.25, -0.2) is 18.6 Å². The van der Waals surface area contributed by atoms with Crippen LogP contribution >= 0.6 is 0 Å². The Hall–Kier alpha value is -4.03. The van der Waals surface area contributed by atoms with Crippen LogP contribution in [-0.2, 0) is 19.5 Å². The zero-order valence-corrected chi connectivity index (χ0v) is 19.6. The van der Waals surface area contributed by atoms with Gasteiger partial charge in [0, 0.05) is 25.7 Å². The van der Waals surface area contributed by atoms with Crippen LogP contribution in [0.25, 0.3) is 22.6 Å². The van der Waals surface area contributed by atoms with Crippen LogP contribution in [0.4, 0.5) is 8.78 Å². The van der Waals surface area contributed by atoms with Crippen molar-refractivity contribution in [1.82, 2.24) is 34.2 Å². The van der Waals surface area contributed by atoms with Gasteiger partial charge in [-0.2, -0.15) is 4.98 Å². The van der Waals surface area contributed by atoms with Crippen molar-refractivity contribution < 1.29 is 13.3 Å². The zero-order valence-electron chi connectivity index (χ0n) is 19.6. The Kier molecular flexibility index (Phi) is 7.76. The number of rotatable bonds is 11. The molecule has 0 aliphatic heterocycles. The van der Waals surface area contributed by atoms with Gasteiger partial charge in [0.1, 0.15) is 11.2 Å². The molecule has 0 saturated heterocycles. The Labute approximate surface area is 202 Å². The average Bonchev–Trinajstić information content (AvgIpc) is 3.35. The van der Waals surface area contributed by atoms with Gasteiger partial charge in [-0.05, 0) is 31.4 Å². The third-order valence-corrected chi connectivity index (χ3v) is 5.67. The molecule has 36 heavy (non-hydrogen) atoms. The quantitative estimate of drug-likeness (QED) is 0.309. The fraction of sp³-hybridized carbons (Fsp3) is 0.435. The number of nitrogens with zero attached hydrogens (tertiary/aromatic N) is 6. The average molecular weight is 501 g/mol. The van der Waals surface area contributed by atoms with E-state index in [2.05, 4.69) is 20.1 Å². The smallest absolute Gasteiger partial charge is 0.331 e. The lowest BCUT2D eigenvalue weighted by atomic mass is 10.2. The van der Waals surface area contributed by atoms with Crippen molar-refractivity contribution in [3.05, 3.63) is 67.2 Å². The summed E-state index contributed by atoms with van der Waals surface area (Å²) in [5.41, 5.74) is -2.65. The summed E-state index contributed by atoms with van der Waals surface area (Å²) in [6.45, 7) is 2.17. The maximum Gasteiger partial charge on any atom is 0.331 e. The molecule has 0 fully saturated rings. The normalized spacial score (nSPS) is 11.6. The summed E-state index contributed by atoms with van der Waals surface area (Å²) in [6.07, 6.45) is 2.13. The predicted molar refractivity (Wildman–Crippen MR) is 126 cm³/mol. The van der Waals surface area contributed by atoms with Gasteiger partial charge in [0.25, 0.3) is 23.4 Å². The number of hydrogen-bond acceptors (Lipinski definition) is 8. The van der Waals surface area contributed by atoms with Gasteiger partial charge in [0.15, 0.2) is 17.2 Å². The molecule has 4 aromatic rings. The molecule has 1 N–H and O–H groups in total. The second-order valence-corrected chi connectivity index (χ2v) is 8.24. The first kappa shape index (κ1) is 25.1. The van der Waals surface area contributed by atoms with Gasteiger partial charge in [0.2, 0.25) is 0 Å². The third kappa shape index (κ3) is 5.29. The fourth-order valence-electron chi connectivity index (χ4n) is 3.87.